The number of hydrogen-bond donors (Lipinski definition) is 0. The van der Waals surface area contributed by atoms with Gasteiger partial charge in [0.15, 0.2) is 8.32 Å². The normalized spacial score (nSPS) is 29.4. The highest BCUT2D eigenvalue weighted by Gasteiger charge is 2.68. The Bertz CT molecular complexity index is 1030. The number of ether oxygens (including phenoxy) is 1. The molecule has 4 aliphatic rings. The molecule has 43 heavy (non-hydrogen) atoms. The summed E-state index contributed by atoms with van der Waals surface area (Å²) in [6.45, 7) is 38.9. The van der Waals surface area contributed by atoms with Crippen LogP contribution in [0.1, 0.15) is 88.0 Å². The Labute approximate surface area is 268 Å². The lowest BCUT2D eigenvalue weighted by Gasteiger charge is -2.63. The third-order valence-electron chi connectivity index (χ3n) is 10.7. The van der Waals surface area contributed by atoms with Crippen LogP contribution in [0.3, 0.4) is 0 Å². The van der Waals surface area contributed by atoms with Crippen LogP contribution in [-0.2, 0) is 23.3 Å². The minimum atomic E-state index is -2.13. The van der Waals surface area contributed by atoms with Crippen LogP contribution < -0.4 is 0 Å². The van der Waals surface area contributed by atoms with Crippen molar-refractivity contribution >= 4 is 37.9 Å². The highest BCUT2D eigenvalue weighted by atomic mass is 28.4. The highest BCUT2D eigenvalue weighted by molar-refractivity contribution is 6.90. The number of esters is 1. The van der Waals surface area contributed by atoms with Gasteiger partial charge in [-0.25, -0.2) is 0 Å². The van der Waals surface area contributed by atoms with E-state index >= 15 is 0 Å². The summed E-state index contributed by atoms with van der Waals surface area (Å²) in [7, 11) is -5.90. The SMILES string of the molecule is CC(C)(C)OC(=O)CC(/C=C\C[C@H](B1O[C@@H]2[C@@H]3C[C@H](C[C@]2(C)O1)C3(C)C)N([Si](C)(C)C)[Si](C)(C)C)O[Si](C)(C)C(C)(C)C. The van der Waals surface area contributed by atoms with Gasteiger partial charge in [0.05, 0.1) is 24.2 Å². The smallest absolute Gasteiger partial charge is 0.460 e. The third kappa shape index (κ3) is 8.38. The lowest BCUT2D eigenvalue weighted by Crippen LogP contribution is -2.67. The van der Waals surface area contributed by atoms with E-state index in [0.717, 1.165) is 12.8 Å². The standard InChI is InChI=1S/C33H66BNO5Si3/c1-30(2,3)37-28(36)22-25(39-43(16,17)31(4,5)6)19-18-20-27(35(41(10,11)12)42(13,14)15)34-38-29-26-21-24(32(26,7)8)23-33(29,9)40-34/h18-19,24-27,29H,20-23H2,1-17H3/b19-18-/t24-,25?,26+,27-,29-,33+/m1/s1. The van der Waals surface area contributed by atoms with E-state index in [1.165, 1.54) is 6.42 Å². The Kier molecular flexibility index (Phi) is 10.5. The molecule has 0 aromatic carbocycles. The maximum absolute atomic E-state index is 13.0. The van der Waals surface area contributed by atoms with Crippen molar-refractivity contribution in [1.29, 1.82) is 0 Å². The van der Waals surface area contributed by atoms with Gasteiger partial charge in [-0.15, -0.1) is 0 Å². The summed E-state index contributed by atoms with van der Waals surface area (Å²) in [4.78, 5) is 13.0. The predicted molar refractivity (Wildman–Crippen MR) is 189 cm³/mol. The second-order valence-electron chi connectivity index (χ2n) is 19.1. The topological polar surface area (TPSA) is 57.2 Å². The summed E-state index contributed by atoms with van der Waals surface area (Å²) < 4.78 is 29.5. The second-order valence-corrected chi connectivity index (χ2v) is 33.9. The van der Waals surface area contributed by atoms with Gasteiger partial charge in [-0.1, -0.05) is 86.1 Å². The molecule has 248 valence electrons. The highest BCUT2D eigenvalue weighted by Crippen LogP contribution is 2.65. The zero-order valence-electron chi connectivity index (χ0n) is 30.9. The van der Waals surface area contributed by atoms with Crippen molar-refractivity contribution in [3.8, 4) is 0 Å². The van der Waals surface area contributed by atoms with E-state index in [4.69, 9.17) is 18.5 Å². The number of rotatable bonds is 11. The molecular weight excluding hydrogens is 585 g/mol. The molecule has 10 heteroatoms. The fourth-order valence-electron chi connectivity index (χ4n) is 7.87. The Balaban J connectivity index is 1.93. The third-order valence-corrected chi connectivity index (χ3v) is 22.8. The van der Waals surface area contributed by atoms with Crippen LogP contribution in [0, 0.1) is 17.3 Å². The van der Waals surface area contributed by atoms with Crippen molar-refractivity contribution in [2.24, 2.45) is 17.3 Å². The molecule has 4 rings (SSSR count). The predicted octanol–water partition coefficient (Wildman–Crippen LogP) is 8.66. The van der Waals surface area contributed by atoms with E-state index < -0.39 is 30.4 Å². The van der Waals surface area contributed by atoms with E-state index in [9.17, 15) is 4.79 Å². The van der Waals surface area contributed by atoms with E-state index in [2.05, 4.69) is 110 Å². The zero-order valence-corrected chi connectivity index (χ0v) is 33.9. The second kappa shape index (κ2) is 12.1. The maximum atomic E-state index is 13.0. The van der Waals surface area contributed by atoms with Gasteiger partial charge < -0.3 is 22.7 Å². The molecule has 1 heterocycles. The van der Waals surface area contributed by atoms with Crippen molar-refractivity contribution in [3.05, 3.63) is 12.2 Å². The molecule has 0 aromatic rings. The van der Waals surface area contributed by atoms with E-state index in [1.807, 2.05) is 20.8 Å². The molecule has 0 aromatic heterocycles. The molecule has 6 nitrogen and oxygen atoms in total. The summed E-state index contributed by atoms with van der Waals surface area (Å²) in [5, 5.41) is 0.0355. The first kappa shape index (κ1) is 37.2. The maximum Gasteiger partial charge on any atom is 0.475 e. The molecule has 0 amide bonds. The summed E-state index contributed by atoms with van der Waals surface area (Å²) in [5.41, 5.74) is -0.419. The Morgan fingerprint density at radius 2 is 1.56 bits per heavy atom. The average Bonchev–Trinajstić information content (AvgIpc) is 3.11. The summed E-state index contributed by atoms with van der Waals surface area (Å²) >= 11 is 0. The fourth-order valence-corrected chi connectivity index (χ4v) is 19.6. The van der Waals surface area contributed by atoms with Crippen molar-refractivity contribution < 1.29 is 23.3 Å². The quantitative estimate of drug-likeness (QED) is 0.127. The number of hydrogen-bond acceptors (Lipinski definition) is 6. The number of carbonyl (C=O) groups is 1. The zero-order chi connectivity index (χ0) is 33.2. The van der Waals surface area contributed by atoms with Gasteiger partial charge in [-0.05, 0) is 82.3 Å². The van der Waals surface area contributed by atoms with Crippen molar-refractivity contribution in [1.82, 2.24) is 4.23 Å². The molecule has 0 spiro atoms. The Morgan fingerprint density at radius 1 is 1.00 bits per heavy atom. The van der Waals surface area contributed by atoms with Gasteiger partial charge in [-0.3, -0.25) is 4.79 Å². The van der Waals surface area contributed by atoms with E-state index in [0.29, 0.717) is 17.3 Å². The molecule has 6 atom stereocenters. The molecule has 3 aliphatic carbocycles. The van der Waals surface area contributed by atoms with E-state index in [1.54, 1.807) is 0 Å². The van der Waals surface area contributed by atoms with Crippen molar-refractivity contribution in [2.75, 3.05) is 0 Å². The first-order chi connectivity index (χ1) is 19.1. The van der Waals surface area contributed by atoms with Crippen LogP contribution in [0.5, 0.6) is 0 Å². The van der Waals surface area contributed by atoms with Crippen molar-refractivity contribution in [2.45, 2.75) is 175 Å². The lowest BCUT2D eigenvalue weighted by molar-refractivity contribution is -0.185. The molecule has 0 radical (unpaired) electrons. The fraction of sp³-hybridized carbons (Fsp3) is 0.909. The minimum Gasteiger partial charge on any atom is -0.460 e. The summed E-state index contributed by atoms with van der Waals surface area (Å²) in [5.74, 6) is 1.17. The lowest BCUT2D eigenvalue weighted by atomic mass is 9.45. The van der Waals surface area contributed by atoms with Gasteiger partial charge in [0, 0.05) is 5.94 Å². The first-order valence-corrected chi connectivity index (χ1v) is 26.6. The van der Waals surface area contributed by atoms with Crippen LogP contribution in [0.2, 0.25) is 57.4 Å². The van der Waals surface area contributed by atoms with Crippen LogP contribution in [-0.4, -0.2) is 71.5 Å². The molecular formula is C33H66BNO5Si3. The van der Waals surface area contributed by atoms with Gasteiger partial charge >= 0.3 is 13.1 Å². The Morgan fingerprint density at radius 3 is 2.02 bits per heavy atom. The van der Waals surface area contributed by atoms with Crippen LogP contribution in [0.4, 0.5) is 0 Å². The van der Waals surface area contributed by atoms with Gasteiger partial charge in [-0.2, -0.15) is 0 Å². The van der Waals surface area contributed by atoms with Gasteiger partial charge in [0.2, 0.25) is 0 Å². The number of nitrogens with zero attached hydrogens (tertiary/aromatic N) is 1. The molecule has 3 saturated carbocycles. The Hall–Kier alpha value is -0.234. The van der Waals surface area contributed by atoms with E-state index in [-0.39, 0.29) is 48.3 Å². The van der Waals surface area contributed by atoms with Gasteiger partial charge in [0.25, 0.3) is 0 Å². The first-order valence-electron chi connectivity index (χ1n) is 16.8. The number of carbonyl (C=O) groups excluding carboxylic acids is 1. The summed E-state index contributed by atoms with van der Waals surface area (Å²) in [6.07, 6.45) is 7.55. The van der Waals surface area contributed by atoms with Gasteiger partial charge in [0.1, 0.15) is 22.1 Å². The molecule has 0 N–H and O–H groups in total. The molecule has 4 fully saturated rings. The largest absolute Gasteiger partial charge is 0.475 e. The molecule has 1 aliphatic heterocycles. The van der Waals surface area contributed by atoms with Crippen molar-refractivity contribution in [3.63, 3.8) is 0 Å². The molecule has 1 saturated heterocycles. The van der Waals surface area contributed by atoms with Crippen LogP contribution >= 0.6 is 0 Å². The summed E-state index contributed by atoms with van der Waals surface area (Å²) in [6, 6.07) is 0. The molecule has 1 unspecified atom stereocenters. The van der Waals surface area contributed by atoms with Crippen LogP contribution in [0.25, 0.3) is 0 Å². The monoisotopic (exact) mass is 651 g/mol. The minimum absolute atomic E-state index is 0.0355. The molecule has 2 bridgehead atoms. The average molecular weight is 652 g/mol. The van der Waals surface area contributed by atoms with Crippen LogP contribution in [0.15, 0.2) is 12.2 Å².